The van der Waals surface area contributed by atoms with Gasteiger partial charge in [-0.3, -0.25) is 0 Å². The van der Waals surface area contributed by atoms with Crippen LogP contribution in [0.5, 0.6) is 0 Å². The van der Waals surface area contributed by atoms with Crippen molar-refractivity contribution in [2.24, 2.45) is 11.5 Å². The summed E-state index contributed by atoms with van der Waals surface area (Å²) in [6, 6.07) is 0. The molecule has 0 aromatic carbocycles. The van der Waals surface area contributed by atoms with Gasteiger partial charge in [0.25, 0.3) is 0 Å². The summed E-state index contributed by atoms with van der Waals surface area (Å²) in [7, 11) is 0. The van der Waals surface area contributed by atoms with Crippen LogP contribution < -0.4 is 11.5 Å². The van der Waals surface area contributed by atoms with Gasteiger partial charge in [-0.15, -0.1) is 0 Å². The maximum absolute atomic E-state index is 5.43. The molecule has 0 bridgehead atoms. The molecule has 0 atom stereocenters. The van der Waals surface area contributed by atoms with Crippen LogP contribution in [0.2, 0.25) is 0 Å². The monoisotopic (exact) mass is 190 g/mol. The first kappa shape index (κ1) is 10.6. The summed E-state index contributed by atoms with van der Waals surface area (Å²) in [6.45, 7) is 4.29. The van der Waals surface area contributed by atoms with Crippen LogP contribution in [0, 0.1) is 0 Å². The van der Waals surface area contributed by atoms with E-state index in [2.05, 4.69) is 13.8 Å². The molecule has 14 heavy (non-hydrogen) atoms. The van der Waals surface area contributed by atoms with Crippen LogP contribution in [-0.2, 0) is 0 Å². The van der Waals surface area contributed by atoms with Crippen LogP contribution in [-0.4, -0.2) is 0 Å². The summed E-state index contributed by atoms with van der Waals surface area (Å²) in [5.74, 6) is 0. The third-order valence-corrected chi connectivity index (χ3v) is 2.61. The van der Waals surface area contributed by atoms with Crippen LogP contribution in [0.1, 0.15) is 26.7 Å². The fourth-order valence-corrected chi connectivity index (χ4v) is 1.76. The molecule has 0 radical (unpaired) electrons. The van der Waals surface area contributed by atoms with Crippen LogP contribution in [0.15, 0.2) is 46.8 Å². The van der Waals surface area contributed by atoms with Gasteiger partial charge in [0.05, 0.1) is 0 Å². The zero-order chi connectivity index (χ0) is 10.6. The van der Waals surface area contributed by atoms with Crippen molar-refractivity contribution in [2.75, 3.05) is 0 Å². The Morgan fingerprint density at radius 1 is 0.857 bits per heavy atom. The molecule has 0 aromatic rings. The number of allylic oxidation sites excluding steroid dienone is 6. The molecule has 0 unspecified atom stereocenters. The molecule has 0 amide bonds. The first-order chi connectivity index (χ1) is 6.70. The fourth-order valence-electron chi connectivity index (χ4n) is 1.76. The summed E-state index contributed by atoms with van der Waals surface area (Å²) in [5.41, 5.74) is 16.1. The van der Waals surface area contributed by atoms with E-state index in [9.17, 15) is 0 Å². The second kappa shape index (κ2) is 4.70. The molecule has 2 heteroatoms. The molecule has 0 heterocycles. The second-order valence-corrected chi connectivity index (χ2v) is 3.61. The Labute approximate surface area is 85.7 Å². The van der Waals surface area contributed by atoms with Gasteiger partial charge in [0.1, 0.15) is 0 Å². The number of hydrogen-bond donors (Lipinski definition) is 2. The maximum Gasteiger partial charge on any atom is -0.00562 e. The predicted octanol–water partition coefficient (Wildman–Crippen LogP) is 2.36. The SMILES string of the molecule is CC1=C(/C=C\N)C(/C=C\N)=C(C)CC1. The van der Waals surface area contributed by atoms with Crippen molar-refractivity contribution in [3.05, 3.63) is 46.8 Å². The standard InChI is InChI=1S/C12H18N2/c1-9-3-4-10(2)12(6-8-14)11(9)5-7-13/h5-8H,3-4,13-14H2,1-2H3/b7-5-,8-6-. The van der Waals surface area contributed by atoms with Crippen molar-refractivity contribution in [3.63, 3.8) is 0 Å². The molecule has 2 nitrogen and oxygen atoms in total. The molecular formula is C12H18N2. The minimum Gasteiger partial charge on any atom is -0.405 e. The van der Waals surface area contributed by atoms with Gasteiger partial charge in [0.15, 0.2) is 0 Å². The molecule has 76 valence electrons. The van der Waals surface area contributed by atoms with Gasteiger partial charge in [-0.2, -0.15) is 0 Å². The average molecular weight is 190 g/mol. The minimum atomic E-state index is 1.12. The first-order valence-electron chi connectivity index (χ1n) is 4.87. The van der Waals surface area contributed by atoms with Crippen molar-refractivity contribution in [1.82, 2.24) is 0 Å². The molecule has 0 saturated carbocycles. The van der Waals surface area contributed by atoms with Gasteiger partial charge in [-0.1, -0.05) is 11.1 Å². The summed E-state index contributed by atoms with van der Waals surface area (Å²) in [4.78, 5) is 0. The lowest BCUT2D eigenvalue weighted by molar-refractivity contribution is 0.881. The predicted molar refractivity (Wildman–Crippen MR) is 61.3 cm³/mol. The Hall–Kier alpha value is -1.44. The van der Waals surface area contributed by atoms with Gasteiger partial charge in [0.2, 0.25) is 0 Å². The molecule has 4 N–H and O–H groups in total. The number of nitrogens with two attached hydrogens (primary N) is 2. The van der Waals surface area contributed by atoms with Crippen LogP contribution in [0.25, 0.3) is 0 Å². The Bertz CT molecular complexity index is 296. The van der Waals surface area contributed by atoms with Crippen molar-refractivity contribution >= 4 is 0 Å². The van der Waals surface area contributed by atoms with Crippen LogP contribution >= 0.6 is 0 Å². The molecule has 0 aromatic heterocycles. The highest BCUT2D eigenvalue weighted by molar-refractivity contribution is 5.53. The number of rotatable bonds is 2. The van der Waals surface area contributed by atoms with E-state index >= 15 is 0 Å². The Morgan fingerprint density at radius 2 is 1.21 bits per heavy atom. The van der Waals surface area contributed by atoms with E-state index in [4.69, 9.17) is 11.5 Å². The third-order valence-electron chi connectivity index (χ3n) is 2.61. The van der Waals surface area contributed by atoms with Crippen molar-refractivity contribution in [3.8, 4) is 0 Å². The van der Waals surface area contributed by atoms with E-state index < -0.39 is 0 Å². The zero-order valence-corrected chi connectivity index (χ0v) is 8.88. The van der Waals surface area contributed by atoms with Crippen molar-refractivity contribution in [1.29, 1.82) is 0 Å². The molecule has 0 fully saturated rings. The minimum absolute atomic E-state index is 1.12. The molecular weight excluding hydrogens is 172 g/mol. The Kier molecular flexibility index (Phi) is 3.57. The molecule has 0 aliphatic heterocycles. The first-order valence-corrected chi connectivity index (χ1v) is 4.87. The summed E-state index contributed by atoms with van der Waals surface area (Å²) in [5, 5.41) is 0. The molecule has 0 saturated heterocycles. The third kappa shape index (κ3) is 2.08. The van der Waals surface area contributed by atoms with Gasteiger partial charge in [0, 0.05) is 0 Å². The van der Waals surface area contributed by atoms with Crippen LogP contribution in [0.4, 0.5) is 0 Å². The molecule has 0 spiro atoms. The summed E-state index contributed by atoms with van der Waals surface area (Å²) >= 11 is 0. The molecule has 1 rings (SSSR count). The van der Waals surface area contributed by atoms with Crippen molar-refractivity contribution in [2.45, 2.75) is 26.7 Å². The van der Waals surface area contributed by atoms with E-state index in [1.54, 1.807) is 12.4 Å². The highest BCUT2D eigenvalue weighted by Crippen LogP contribution is 2.31. The van der Waals surface area contributed by atoms with Gasteiger partial charge in [-0.05, 0) is 62.4 Å². The van der Waals surface area contributed by atoms with E-state index in [1.807, 2.05) is 12.2 Å². The van der Waals surface area contributed by atoms with E-state index in [0.717, 1.165) is 12.8 Å². The lowest BCUT2D eigenvalue weighted by Crippen LogP contribution is -2.01. The highest BCUT2D eigenvalue weighted by atomic mass is 14.5. The zero-order valence-electron chi connectivity index (χ0n) is 8.88. The quantitative estimate of drug-likeness (QED) is 0.702. The maximum atomic E-state index is 5.43. The van der Waals surface area contributed by atoms with Gasteiger partial charge < -0.3 is 11.5 Å². The topological polar surface area (TPSA) is 52.0 Å². The lowest BCUT2D eigenvalue weighted by Gasteiger charge is -2.19. The normalized spacial score (nSPS) is 19.0. The van der Waals surface area contributed by atoms with Gasteiger partial charge in [-0.25, -0.2) is 0 Å². The second-order valence-electron chi connectivity index (χ2n) is 3.61. The van der Waals surface area contributed by atoms with Crippen molar-refractivity contribution < 1.29 is 0 Å². The number of hydrogen-bond acceptors (Lipinski definition) is 2. The average Bonchev–Trinajstić information content (AvgIpc) is 2.17. The summed E-state index contributed by atoms with van der Waals surface area (Å²) < 4.78 is 0. The lowest BCUT2D eigenvalue weighted by atomic mass is 9.86. The Morgan fingerprint density at radius 3 is 1.50 bits per heavy atom. The summed E-state index contributed by atoms with van der Waals surface area (Å²) in [6.07, 6.45) is 9.31. The van der Waals surface area contributed by atoms with E-state index in [1.165, 1.54) is 22.3 Å². The van der Waals surface area contributed by atoms with E-state index in [0.29, 0.717) is 0 Å². The van der Waals surface area contributed by atoms with Gasteiger partial charge >= 0.3 is 0 Å². The Balaban J connectivity index is 3.17. The smallest absolute Gasteiger partial charge is 0.00562 e. The van der Waals surface area contributed by atoms with E-state index in [-0.39, 0.29) is 0 Å². The van der Waals surface area contributed by atoms with Crippen LogP contribution in [0.3, 0.4) is 0 Å². The molecule has 1 aliphatic carbocycles. The highest BCUT2D eigenvalue weighted by Gasteiger charge is 2.12. The molecule has 1 aliphatic rings. The fraction of sp³-hybridized carbons (Fsp3) is 0.333. The largest absolute Gasteiger partial charge is 0.405 e.